The van der Waals surface area contributed by atoms with Crippen LogP contribution in [0, 0.1) is 12.7 Å². The lowest BCUT2D eigenvalue weighted by Gasteiger charge is -2.12. The van der Waals surface area contributed by atoms with Gasteiger partial charge in [0, 0.05) is 30.8 Å². The normalized spacial score (nSPS) is 10.9. The van der Waals surface area contributed by atoms with E-state index >= 15 is 0 Å². The molecule has 3 nitrogen and oxygen atoms in total. The van der Waals surface area contributed by atoms with E-state index in [0.717, 1.165) is 29.7 Å². The number of pyridine rings is 1. The molecule has 0 saturated heterocycles. The van der Waals surface area contributed by atoms with Gasteiger partial charge in [-0.05, 0) is 31.0 Å². The van der Waals surface area contributed by atoms with Crippen molar-refractivity contribution in [2.45, 2.75) is 26.9 Å². The average Bonchev–Trinajstić information content (AvgIpc) is 2.38. The molecule has 0 aliphatic rings. The quantitative estimate of drug-likeness (QED) is 0.893. The Morgan fingerprint density at radius 2 is 2.11 bits per heavy atom. The summed E-state index contributed by atoms with van der Waals surface area (Å²) in [6.45, 7) is 5.17. The summed E-state index contributed by atoms with van der Waals surface area (Å²) < 4.78 is 18.8. The van der Waals surface area contributed by atoms with Gasteiger partial charge in [0.05, 0.1) is 17.8 Å². The predicted molar refractivity (Wildman–Crippen MR) is 75.9 cm³/mol. The van der Waals surface area contributed by atoms with E-state index in [9.17, 15) is 4.39 Å². The second-order valence-corrected chi connectivity index (χ2v) is 4.64. The van der Waals surface area contributed by atoms with Crippen LogP contribution in [0.2, 0.25) is 0 Å². The van der Waals surface area contributed by atoms with Gasteiger partial charge in [-0.1, -0.05) is 6.92 Å². The molecule has 0 atom stereocenters. The Balaban J connectivity index is 2.56. The lowest BCUT2D eigenvalue weighted by atomic mass is 10.1. The molecule has 1 aromatic heterocycles. The maximum atomic E-state index is 13.7. The number of hydrogen-bond donors (Lipinski definition) is 1. The van der Waals surface area contributed by atoms with E-state index < -0.39 is 0 Å². The molecule has 102 valence electrons. The minimum atomic E-state index is -0.226. The van der Waals surface area contributed by atoms with Crippen LogP contribution in [0.5, 0.6) is 0 Å². The molecular weight excluding hydrogens is 243 g/mol. The Morgan fingerprint density at radius 1 is 1.32 bits per heavy atom. The first kappa shape index (κ1) is 13.7. The van der Waals surface area contributed by atoms with Crippen LogP contribution < -0.4 is 5.32 Å². The van der Waals surface area contributed by atoms with Crippen molar-refractivity contribution < 1.29 is 9.13 Å². The minimum Gasteiger partial charge on any atom is -0.384 e. The number of nitrogens with one attached hydrogen (secondary N) is 1. The standard InChI is InChI=1S/C15H19FN2O/c1-4-5-17-14-7-11(9-19-3)18-15-8-13(16)10(2)6-12(14)15/h6-8H,4-5,9H2,1-3H3,(H,17,18). The molecule has 1 N–H and O–H groups in total. The molecule has 2 rings (SSSR count). The number of hydrogen-bond acceptors (Lipinski definition) is 3. The lowest BCUT2D eigenvalue weighted by molar-refractivity contribution is 0.182. The Labute approximate surface area is 112 Å². The number of aryl methyl sites for hydroxylation is 1. The number of methoxy groups -OCH3 is 1. The molecule has 2 aromatic rings. The summed E-state index contributed by atoms with van der Waals surface area (Å²) in [5.74, 6) is -0.226. The second-order valence-electron chi connectivity index (χ2n) is 4.64. The van der Waals surface area contributed by atoms with Crippen molar-refractivity contribution in [3.8, 4) is 0 Å². The molecular formula is C15H19FN2O. The first-order valence-corrected chi connectivity index (χ1v) is 6.48. The summed E-state index contributed by atoms with van der Waals surface area (Å²) in [6.07, 6.45) is 1.03. The number of rotatable bonds is 5. The van der Waals surface area contributed by atoms with Gasteiger partial charge >= 0.3 is 0 Å². The van der Waals surface area contributed by atoms with E-state index in [1.807, 2.05) is 12.1 Å². The fourth-order valence-electron chi connectivity index (χ4n) is 2.04. The highest BCUT2D eigenvalue weighted by Crippen LogP contribution is 2.26. The van der Waals surface area contributed by atoms with Crippen LogP contribution >= 0.6 is 0 Å². The zero-order chi connectivity index (χ0) is 13.8. The maximum Gasteiger partial charge on any atom is 0.128 e. The molecule has 0 saturated carbocycles. The fraction of sp³-hybridized carbons (Fsp3) is 0.400. The Kier molecular flexibility index (Phi) is 4.32. The summed E-state index contributed by atoms with van der Waals surface area (Å²) in [4.78, 5) is 4.43. The molecule has 0 bridgehead atoms. The van der Waals surface area contributed by atoms with E-state index in [-0.39, 0.29) is 5.82 Å². The summed E-state index contributed by atoms with van der Waals surface area (Å²) in [5, 5.41) is 4.32. The van der Waals surface area contributed by atoms with E-state index in [4.69, 9.17) is 4.74 Å². The van der Waals surface area contributed by atoms with Gasteiger partial charge in [-0.15, -0.1) is 0 Å². The van der Waals surface area contributed by atoms with Gasteiger partial charge in [0.25, 0.3) is 0 Å². The lowest BCUT2D eigenvalue weighted by Crippen LogP contribution is -2.03. The fourth-order valence-corrected chi connectivity index (χ4v) is 2.04. The number of ether oxygens (including phenoxy) is 1. The van der Waals surface area contributed by atoms with Gasteiger partial charge in [0.1, 0.15) is 5.82 Å². The molecule has 0 aliphatic carbocycles. The minimum absolute atomic E-state index is 0.226. The first-order chi connectivity index (χ1) is 9.15. The highest BCUT2D eigenvalue weighted by atomic mass is 19.1. The monoisotopic (exact) mass is 262 g/mol. The number of nitrogens with zero attached hydrogens (tertiary/aromatic N) is 1. The van der Waals surface area contributed by atoms with Crippen LogP contribution in [0.25, 0.3) is 10.9 Å². The van der Waals surface area contributed by atoms with Crippen LogP contribution in [0.3, 0.4) is 0 Å². The van der Waals surface area contributed by atoms with Crippen molar-refractivity contribution in [1.82, 2.24) is 4.98 Å². The zero-order valence-electron chi connectivity index (χ0n) is 11.6. The number of fused-ring (bicyclic) bond motifs is 1. The van der Waals surface area contributed by atoms with Gasteiger partial charge in [-0.2, -0.15) is 0 Å². The molecule has 0 radical (unpaired) electrons. The van der Waals surface area contributed by atoms with Gasteiger partial charge in [-0.3, -0.25) is 4.98 Å². The smallest absolute Gasteiger partial charge is 0.128 e. The maximum absolute atomic E-state index is 13.7. The number of benzene rings is 1. The first-order valence-electron chi connectivity index (χ1n) is 6.48. The Hall–Kier alpha value is -1.68. The Morgan fingerprint density at radius 3 is 2.79 bits per heavy atom. The third-order valence-corrected chi connectivity index (χ3v) is 3.00. The molecule has 0 spiro atoms. The molecule has 0 unspecified atom stereocenters. The topological polar surface area (TPSA) is 34.1 Å². The predicted octanol–water partition coefficient (Wildman–Crippen LogP) is 3.65. The number of halogens is 1. The van der Waals surface area contributed by atoms with E-state index in [1.165, 1.54) is 6.07 Å². The third kappa shape index (κ3) is 3.01. The van der Waals surface area contributed by atoms with Gasteiger partial charge in [0.2, 0.25) is 0 Å². The van der Waals surface area contributed by atoms with Gasteiger partial charge in [0.15, 0.2) is 0 Å². The molecule has 4 heteroatoms. The molecule has 19 heavy (non-hydrogen) atoms. The van der Waals surface area contributed by atoms with Gasteiger partial charge in [-0.25, -0.2) is 4.39 Å². The summed E-state index contributed by atoms with van der Waals surface area (Å²) in [5.41, 5.74) is 3.09. The molecule has 0 amide bonds. The molecule has 1 aromatic carbocycles. The molecule has 0 aliphatic heterocycles. The third-order valence-electron chi connectivity index (χ3n) is 3.00. The van der Waals surface area contributed by atoms with Crippen molar-refractivity contribution in [2.24, 2.45) is 0 Å². The van der Waals surface area contributed by atoms with Gasteiger partial charge < -0.3 is 10.1 Å². The Bertz CT molecular complexity index is 584. The highest BCUT2D eigenvalue weighted by Gasteiger charge is 2.09. The van der Waals surface area contributed by atoms with Crippen LogP contribution in [0.15, 0.2) is 18.2 Å². The van der Waals surface area contributed by atoms with Crippen LogP contribution in [0.1, 0.15) is 24.6 Å². The van der Waals surface area contributed by atoms with E-state index in [0.29, 0.717) is 17.7 Å². The van der Waals surface area contributed by atoms with Crippen molar-refractivity contribution in [3.05, 3.63) is 35.3 Å². The molecule has 0 fully saturated rings. The van der Waals surface area contributed by atoms with Crippen molar-refractivity contribution in [2.75, 3.05) is 19.0 Å². The molecule has 1 heterocycles. The van der Waals surface area contributed by atoms with Crippen molar-refractivity contribution in [3.63, 3.8) is 0 Å². The summed E-state index contributed by atoms with van der Waals surface area (Å²) in [7, 11) is 1.63. The van der Waals surface area contributed by atoms with E-state index in [2.05, 4.69) is 17.2 Å². The summed E-state index contributed by atoms with van der Waals surface area (Å²) >= 11 is 0. The van der Waals surface area contributed by atoms with E-state index in [1.54, 1.807) is 14.0 Å². The highest BCUT2D eigenvalue weighted by molar-refractivity contribution is 5.92. The largest absolute Gasteiger partial charge is 0.384 e. The van der Waals surface area contributed by atoms with Crippen LogP contribution in [-0.4, -0.2) is 18.6 Å². The van der Waals surface area contributed by atoms with Crippen LogP contribution in [-0.2, 0) is 11.3 Å². The van der Waals surface area contributed by atoms with Crippen LogP contribution in [0.4, 0.5) is 10.1 Å². The number of aromatic nitrogens is 1. The van der Waals surface area contributed by atoms with Crippen molar-refractivity contribution in [1.29, 1.82) is 0 Å². The SMILES string of the molecule is CCCNc1cc(COC)nc2cc(F)c(C)cc12. The number of anilines is 1. The zero-order valence-corrected chi connectivity index (χ0v) is 11.6. The second kappa shape index (κ2) is 5.97. The average molecular weight is 262 g/mol. The summed E-state index contributed by atoms with van der Waals surface area (Å²) in [6, 6.07) is 5.30. The van der Waals surface area contributed by atoms with Crippen molar-refractivity contribution >= 4 is 16.6 Å².